The monoisotopic (exact) mass is 237 g/mol. The summed E-state index contributed by atoms with van der Waals surface area (Å²) in [4.78, 5) is 11.2. The van der Waals surface area contributed by atoms with Crippen LogP contribution in [0.15, 0.2) is 12.1 Å². The molecule has 5 heteroatoms. The molecule has 0 aromatic heterocycles. The van der Waals surface area contributed by atoms with Crippen LogP contribution >= 0.6 is 0 Å². The molecule has 0 aliphatic carbocycles. The Morgan fingerprint density at radius 3 is 2.65 bits per heavy atom. The van der Waals surface area contributed by atoms with Crippen LogP contribution in [0.2, 0.25) is 0 Å². The van der Waals surface area contributed by atoms with E-state index in [2.05, 4.69) is 5.43 Å². The quantitative estimate of drug-likeness (QED) is 0.408. The predicted octanol–water partition coefficient (Wildman–Crippen LogP) is 0.692. The van der Waals surface area contributed by atoms with Crippen molar-refractivity contribution in [1.29, 1.82) is 0 Å². The van der Waals surface area contributed by atoms with E-state index in [-0.39, 0.29) is 12.3 Å². The van der Waals surface area contributed by atoms with Crippen molar-refractivity contribution >= 4 is 5.91 Å². The van der Waals surface area contributed by atoms with Gasteiger partial charge in [-0.25, -0.2) is 5.84 Å². The molecule has 5 N–H and O–H groups in total. The van der Waals surface area contributed by atoms with Gasteiger partial charge in [0, 0.05) is 18.0 Å². The van der Waals surface area contributed by atoms with Gasteiger partial charge >= 0.3 is 0 Å². The van der Waals surface area contributed by atoms with Crippen LogP contribution < -0.4 is 21.7 Å². The molecule has 1 amide bonds. The lowest BCUT2D eigenvalue weighted by Crippen LogP contribution is -2.33. The zero-order valence-corrected chi connectivity index (χ0v) is 10.4. The smallest absolute Gasteiger partial charge is 0.235 e. The van der Waals surface area contributed by atoms with Crippen molar-refractivity contribution in [3.8, 4) is 5.75 Å². The van der Waals surface area contributed by atoms with E-state index in [0.717, 1.165) is 16.7 Å². The summed E-state index contributed by atoms with van der Waals surface area (Å²) in [5.41, 5.74) is 11.0. The van der Waals surface area contributed by atoms with Gasteiger partial charge in [-0.1, -0.05) is 6.07 Å². The minimum Gasteiger partial charge on any atom is -0.496 e. The highest BCUT2D eigenvalue weighted by atomic mass is 16.5. The topological polar surface area (TPSA) is 90.4 Å². The minimum atomic E-state index is -0.422. The summed E-state index contributed by atoms with van der Waals surface area (Å²) in [7, 11) is 1.59. The number of hydrogen-bond acceptors (Lipinski definition) is 4. The normalized spacial score (nSPS) is 12.1. The number of aryl methyl sites for hydroxylation is 2. The first kappa shape index (κ1) is 13.5. The van der Waals surface area contributed by atoms with Crippen LogP contribution in [0.5, 0.6) is 5.75 Å². The fraction of sp³-hybridized carbons (Fsp3) is 0.417. The molecule has 1 rings (SSSR count). The molecule has 17 heavy (non-hydrogen) atoms. The van der Waals surface area contributed by atoms with Gasteiger partial charge in [-0.3, -0.25) is 10.2 Å². The molecule has 0 aliphatic heterocycles. The van der Waals surface area contributed by atoms with Gasteiger partial charge in [-0.05, 0) is 31.0 Å². The van der Waals surface area contributed by atoms with Crippen molar-refractivity contribution in [2.75, 3.05) is 7.11 Å². The highest BCUT2D eigenvalue weighted by molar-refractivity contribution is 5.76. The molecule has 0 heterocycles. The van der Waals surface area contributed by atoms with Crippen LogP contribution in [-0.4, -0.2) is 13.0 Å². The number of carbonyl (C=O) groups is 1. The Bertz CT molecular complexity index is 418. The Morgan fingerprint density at radius 1 is 1.47 bits per heavy atom. The summed E-state index contributed by atoms with van der Waals surface area (Å²) < 4.78 is 5.30. The minimum absolute atomic E-state index is 0.136. The largest absolute Gasteiger partial charge is 0.496 e. The van der Waals surface area contributed by atoms with Gasteiger partial charge in [0.05, 0.1) is 7.11 Å². The first-order chi connectivity index (χ1) is 7.99. The van der Waals surface area contributed by atoms with Crippen molar-refractivity contribution in [2.45, 2.75) is 26.3 Å². The van der Waals surface area contributed by atoms with Crippen LogP contribution in [0, 0.1) is 13.8 Å². The van der Waals surface area contributed by atoms with Crippen molar-refractivity contribution in [2.24, 2.45) is 11.6 Å². The van der Waals surface area contributed by atoms with Crippen LogP contribution in [0.25, 0.3) is 0 Å². The number of hydrogen-bond donors (Lipinski definition) is 3. The maximum absolute atomic E-state index is 11.2. The van der Waals surface area contributed by atoms with Crippen LogP contribution in [0.1, 0.15) is 29.2 Å². The summed E-state index contributed by atoms with van der Waals surface area (Å²) in [5.74, 6) is 5.46. The lowest BCUT2D eigenvalue weighted by atomic mass is 9.96. The molecule has 1 atom stereocenters. The summed E-state index contributed by atoms with van der Waals surface area (Å²) in [6.45, 7) is 3.93. The second kappa shape index (κ2) is 5.65. The van der Waals surface area contributed by atoms with E-state index in [1.165, 1.54) is 0 Å². The van der Waals surface area contributed by atoms with Gasteiger partial charge < -0.3 is 10.5 Å². The Labute approximate surface area is 101 Å². The molecular formula is C12H19N3O2. The fourth-order valence-electron chi connectivity index (χ4n) is 1.94. The molecule has 0 aliphatic rings. The Morgan fingerprint density at radius 2 is 2.12 bits per heavy atom. The molecule has 0 radical (unpaired) electrons. The number of benzene rings is 1. The van der Waals surface area contributed by atoms with E-state index in [0.29, 0.717) is 5.75 Å². The number of nitrogens with two attached hydrogens (primary N) is 2. The number of methoxy groups -OCH3 is 1. The number of nitrogens with one attached hydrogen (secondary N) is 1. The third-order valence-electron chi connectivity index (χ3n) is 2.65. The number of amides is 1. The maximum atomic E-state index is 11.2. The van der Waals surface area contributed by atoms with Gasteiger partial charge in [0.15, 0.2) is 0 Å². The molecule has 1 aromatic carbocycles. The maximum Gasteiger partial charge on any atom is 0.235 e. The van der Waals surface area contributed by atoms with Gasteiger partial charge in [0.25, 0.3) is 0 Å². The SMILES string of the molecule is COc1cc(C)cc(C)c1C(N)CC(=O)NN. The molecule has 1 aromatic rings. The summed E-state index contributed by atoms with van der Waals surface area (Å²) >= 11 is 0. The van der Waals surface area contributed by atoms with E-state index >= 15 is 0 Å². The van der Waals surface area contributed by atoms with Gasteiger partial charge in [-0.2, -0.15) is 0 Å². The lowest BCUT2D eigenvalue weighted by Gasteiger charge is -2.18. The van der Waals surface area contributed by atoms with Crippen LogP contribution in [0.3, 0.4) is 0 Å². The Kier molecular flexibility index (Phi) is 4.48. The third-order valence-corrected chi connectivity index (χ3v) is 2.65. The van der Waals surface area contributed by atoms with Gasteiger partial charge in [0.2, 0.25) is 5.91 Å². The molecule has 1 unspecified atom stereocenters. The standard InChI is InChI=1S/C12H19N3O2/c1-7-4-8(2)12(10(5-7)17-3)9(13)6-11(16)15-14/h4-5,9H,6,13-14H2,1-3H3,(H,15,16). The van der Waals surface area contributed by atoms with E-state index < -0.39 is 6.04 Å². The Balaban J connectivity index is 3.07. The molecule has 0 bridgehead atoms. The first-order valence-electron chi connectivity index (χ1n) is 5.39. The van der Waals surface area contributed by atoms with Gasteiger partial charge in [0.1, 0.15) is 5.75 Å². The molecule has 0 saturated carbocycles. The highest BCUT2D eigenvalue weighted by Crippen LogP contribution is 2.30. The summed E-state index contributed by atoms with van der Waals surface area (Å²) in [6, 6.07) is 3.50. The van der Waals surface area contributed by atoms with Crippen molar-refractivity contribution in [3.05, 3.63) is 28.8 Å². The van der Waals surface area contributed by atoms with Gasteiger partial charge in [-0.15, -0.1) is 0 Å². The van der Waals surface area contributed by atoms with Crippen LogP contribution in [-0.2, 0) is 4.79 Å². The van der Waals surface area contributed by atoms with Crippen molar-refractivity contribution < 1.29 is 9.53 Å². The predicted molar refractivity (Wildman–Crippen MR) is 66.3 cm³/mol. The van der Waals surface area contributed by atoms with E-state index in [1.807, 2.05) is 26.0 Å². The second-order valence-corrected chi connectivity index (χ2v) is 4.08. The fourth-order valence-corrected chi connectivity index (χ4v) is 1.94. The van der Waals surface area contributed by atoms with Crippen molar-refractivity contribution in [3.63, 3.8) is 0 Å². The number of ether oxygens (including phenoxy) is 1. The zero-order chi connectivity index (χ0) is 13.0. The molecule has 5 nitrogen and oxygen atoms in total. The Hall–Kier alpha value is -1.59. The summed E-state index contributed by atoms with van der Waals surface area (Å²) in [5, 5.41) is 0. The molecule has 0 spiro atoms. The molecule has 0 saturated heterocycles. The van der Waals surface area contributed by atoms with Crippen molar-refractivity contribution in [1.82, 2.24) is 5.43 Å². The first-order valence-corrected chi connectivity index (χ1v) is 5.39. The average molecular weight is 237 g/mol. The molecule has 94 valence electrons. The van der Waals surface area contributed by atoms with E-state index in [4.69, 9.17) is 16.3 Å². The molecule has 0 fully saturated rings. The highest BCUT2D eigenvalue weighted by Gasteiger charge is 2.18. The number of rotatable bonds is 4. The van der Waals surface area contributed by atoms with E-state index in [9.17, 15) is 4.79 Å². The second-order valence-electron chi connectivity index (χ2n) is 4.08. The molecular weight excluding hydrogens is 218 g/mol. The van der Waals surface area contributed by atoms with Crippen LogP contribution in [0.4, 0.5) is 0 Å². The van der Waals surface area contributed by atoms with E-state index in [1.54, 1.807) is 7.11 Å². The zero-order valence-electron chi connectivity index (χ0n) is 10.4. The lowest BCUT2D eigenvalue weighted by molar-refractivity contribution is -0.121. The summed E-state index contributed by atoms with van der Waals surface area (Å²) in [6.07, 6.45) is 0.136. The number of hydrazine groups is 1. The third kappa shape index (κ3) is 3.18. The number of carbonyl (C=O) groups excluding carboxylic acids is 1. The average Bonchev–Trinajstić information content (AvgIpc) is 2.27.